The van der Waals surface area contributed by atoms with Gasteiger partial charge in [0.2, 0.25) is 0 Å². The van der Waals surface area contributed by atoms with Crippen LogP contribution in [-0.2, 0) is 17.3 Å². The van der Waals surface area contributed by atoms with Crippen molar-refractivity contribution < 1.29 is 18.9 Å². The van der Waals surface area contributed by atoms with Crippen molar-refractivity contribution in [3.05, 3.63) is 11.9 Å². The number of carbonyl (C=O) groups is 2. The maximum Gasteiger partial charge on any atom is 0.358 e. The molecule has 9 nitrogen and oxygen atoms in total. The van der Waals surface area contributed by atoms with Crippen LogP contribution in [0.5, 0.6) is 0 Å². The number of carboxylic acid groups (broad SMARTS) is 1. The third kappa shape index (κ3) is 5.78. The van der Waals surface area contributed by atoms with E-state index in [1.807, 2.05) is 0 Å². The van der Waals surface area contributed by atoms with E-state index in [9.17, 15) is 13.8 Å². The molecule has 3 N–H and O–H groups in total. The van der Waals surface area contributed by atoms with Crippen LogP contribution < -0.4 is 10.6 Å². The first-order valence-corrected chi connectivity index (χ1v) is 7.59. The summed E-state index contributed by atoms with van der Waals surface area (Å²) in [5.41, 5.74) is -0.145. The van der Waals surface area contributed by atoms with Crippen LogP contribution in [-0.4, -0.2) is 60.9 Å². The second kappa shape index (κ2) is 7.58. The minimum Gasteiger partial charge on any atom is -0.476 e. The molecule has 2 unspecified atom stereocenters. The van der Waals surface area contributed by atoms with Crippen molar-refractivity contribution in [1.29, 1.82) is 0 Å². The van der Waals surface area contributed by atoms with Crippen LogP contribution in [0.15, 0.2) is 6.20 Å². The summed E-state index contributed by atoms with van der Waals surface area (Å²) in [5, 5.41) is 20.9. The number of aromatic carboxylic acids is 1. The Hall–Kier alpha value is -1.97. The van der Waals surface area contributed by atoms with Gasteiger partial charge in [0.05, 0.1) is 12.7 Å². The number of aromatic nitrogens is 3. The van der Waals surface area contributed by atoms with Gasteiger partial charge in [0.25, 0.3) is 0 Å². The first-order valence-electron chi connectivity index (χ1n) is 5.86. The van der Waals surface area contributed by atoms with E-state index in [0.29, 0.717) is 12.3 Å². The Morgan fingerprint density at radius 2 is 2.25 bits per heavy atom. The molecule has 20 heavy (non-hydrogen) atoms. The Balaban J connectivity index is 2.27. The highest BCUT2D eigenvalue weighted by Gasteiger charge is 2.09. The predicted octanol–water partition coefficient (Wildman–Crippen LogP) is -0.957. The summed E-state index contributed by atoms with van der Waals surface area (Å²) in [6, 6.07) is -0.563. The van der Waals surface area contributed by atoms with Crippen molar-refractivity contribution in [2.45, 2.75) is 19.5 Å². The van der Waals surface area contributed by atoms with Crippen molar-refractivity contribution in [3.63, 3.8) is 0 Å². The molecule has 0 bridgehead atoms. The number of hydrogen-bond donors (Lipinski definition) is 3. The van der Waals surface area contributed by atoms with Crippen molar-refractivity contribution in [2.24, 2.45) is 0 Å². The third-order valence-corrected chi connectivity index (χ3v) is 3.22. The molecule has 10 heteroatoms. The topological polar surface area (TPSA) is 126 Å². The molecule has 1 heterocycles. The van der Waals surface area contributed by atoms with Gasteiger partial charge in [-0.3, -0.25) is 4.21 Å². The summed E-state index contributed by atoms with van der Waals surface area (Å²) in [5.74, 6) is -0.762. The minimum atomic E-state index is -1.15. The van der Waals surface area contributed by atoms with E-state index in [0.717, 1.165) is 0 Å². The third-order valence-electron chi connectivity index (χ3n) is 2.25. The molecule has 0 radical (unpaired) electrons. The fraction of sp³-hybridized carbons (Fsp3) is 0.600. The molecule has 0 aliphatic carbocycles. The highest BCUT2D eigenvalue weighted by Crippen LogP contribution is 1.92. The van der Waals surface area contributed by atoms with Gasteiger partial charge >= 0.3 is 12.0 Å². The number of hydrogen-bond acceptors (Lipinski definition) is 5. The average molecular weight is 303 g/mol. The van der Waals surface area contributed by atoms with E-state index < -0.39 is 16.8 Å². The molecule has 2 atom stereocenters. The van der Waals surface area contributed by atoms with E-state index in [4.69, 9.17) is 5.11 Å². The molecule has 1 aromatic rings. The van der Waals surface area contributed by atoms with Crippen molar-refractivity contribution >= 4 is 22.8 Å². The zero-order chi connectivity index (χ0) is 15.1. The Bertz CT molecular complexity index is 504. The molecule has 0 aliphatic rings. The standard InChI is InChI=1S/C10H17N5O4S/c1-7(6-20(2)19)12-10(18)11-3-4-15-5-8(9(16)17)13-14-15/h5,7H,3-4,6H2,1-2H3,(H,16,17)(H2,11,12,18). The lowest BCUT2D eigenvalue weighted by Gasteiger charge is -2.13. The summed E-state index contributed by atoms with van der Waals surface area (Å²) < 4.78 is 12.3. The quantitative estimate of drug-likeness (QED) is 0.595. The zero-order valence-electron chi connectivity index (χ0n) is 11.2. The Morgan fingerprint density at radius 1 is 1.55 bits per heavy atom. The summed E-state index contributed by atoms with van der Waals surface area (Å²) in [6.45, 7) is 2.34. The summed E-state index contributed by atoms with van der Waals surface area (Å²) >= 11 is 0. The van der Waals surface area contributed by atoms with Gasteiger partial charge in [-0.25, -0.2) is 14.3 Å². The molecule has 0 aliphatic heterocycles. The van der Waals surface area contributed by atoms with Crippen molar-refractivity contribution in [1.82, 2.24) is 25.6 Å². The highest BCUT2D eigenvalue weighted by molar-refractivity contribution is 7.84. The van der Waals surface area contributed by atoms with E-state index in [1.165, 1.54) is 10.9 Å². The lowest BCUT2D eigenvalue weighted by molar-refractivity contribution is 0.0690. The molecule has 0 fully saturated rings. The second-order valence-corrected chi connectivity index (χ2v) is 5.69. The molecule has 0 spiro atoms. The first kappa shape index (κ1) is 16.1. The molecule has 112 valence electrons. The predicted molar refractivity (Wildman–Crippen MR) is 71.9 cm³/mol. The molecular weight excluding hydrogens is 286 g/mol. The number of rotatable bonds is 7. The summed E-state index contributed by atoms with van der Waals surface area (Å²) in [7, 11) is -0.970. The van der Waals surface area contributed by atoms with Gasteiger partial charge in [0.15, 0.2) is 5.69 Å². The molecule has 0 saturated carbocycles. The normalized spacial score (nSPS) is 13.5. The first-order chi connectivity index (χ1) is 9.38. The molecule has 1 rings (SSSR count). The van der Waals surface area contributed by atoms with Crippen LogP contribution in [0.2, 0.25) is 0 Å². The summed E-state index contributed by atoms with van der Waals surface area (Å²) in [6.07, 6.45) is 2.85. The van der Waals surface area contributed by atoms with E-state index in [1.54, 1.807) is 13.2 Å². The number of nitrogens with zero attached hydrogens (tertiary/aromatic N) is 3. The smallest absolute Gasteiger partial charge is 0.358 e. The van der Waals surface area contributed by atoms with Gasteiger partial charge < -0.3 is 15.7 Å². The zero-order valence-corrected chi connectivity index (χ0v) is 12.0. The van der Waals surface area contributed by atoms with E-state index in [-0.39, 0.29) is 24.3 Å². The molecule has 0 saturated heterocycles. The van der Waals surface area contributed by atoms with Crippen LogP contribution in [0.1, 0.15) is 17.4 Å². The lowest BCUT2D eigenvalue weighted by atomic mass is 10.4. The van der Waals surface area contributed by atoms with Crippen LogP contribution >= 0.6 is 0 Å². The molecule has 0 aromatic carbocycles. The Labute approximate surface area is 118 Å². The van der Waals surface area contributed by atoms with Crippen LogP contribution in [0.3, 0.4) is 0 Å². The maximum atomic E-state index is 11.5. The number of urea groups is 1. The summed E-state index contributed by atoms with van der Waals surface area (Å²) in [4.78, 5) is 22.1. The minimum absolute atomic E-state index is 0.145. The fourth-order valence-electron chi connectivity index (χ4n) is 1.46. The lowest BCUT2D eigenvalue weighted by Crippen LogP contribution is -2.43. The van der Waals surface area contributed by atoms with Gasteiger partial charge in [0.1, 0.15) is 0 Å². The average Bonchev–Trinajstić information content (AvgIpc) is 2.76. The van der Waals surface area contributed by atoms with E-state index >= 15 is 0 Å². The number of carboxylic acids is 1. The van der Waals surface area contributed by atoms with Crippen LogP contribution in [0.25, 0.3) is 0 Å². The van der Waals surface area contributed by atoms with Crippen LogP contribution in [0, 0.1) is 0 Å². The molecule has 2 amide bonds. The highest BCUT2D eigenvalue weighted by atomic mass is 32.2. The number of nitrogens with one attached hydrogen (secondary N) is 2. The van der Waals surface area contributed by atoms with E-state index in [2.05, 4.69) is 20.9 Å². The van der Waals surface area contributed by atoms with Gasteiger partial charge in [-0.05, 0) is 6.92 Å². The van der Waals surface area contributed by atoms with Gasteiger partial charge in [0, 0.05) is 35.4 Å². The second-order valence-electron chi connectivity index (χ2n) is 4.21. The van der Waals surface area contributed by atoms with Crippen molar-refractivity contribution in [2.75, 3.05) is 18.6 Å². The fourth-order valence-corrected chi connectivity index (χ4v) is 2.25. The monoisotopic (exact) mass is 303 g/mol. The van der Waals surface area contributed by atoms with Gasteiger partial charge in [-0.1, -0.05) is 5.21 Å². The van der Waals surface area contributed by atoms with Crippen LogP contribution in [0.4, 0.5) is 4.79 Å². The van der Waals surface area contributed by atoms with Gasteiger partial charge in [-0.15, -0.1) is 5.10 Å². The Kier molecular flexibility index (Phi) is 6.10. The largest absolute Gasteiger partial charge is 0.476 e. The van der Waals surface area contributed by atoms with Crippen molar-refractivity contribution in [3.8, 4) is 0 Å². The Morgan fingerprint density at radius 3 is 2.80 bits per heavy atom. The maximum absolute atomic E-state index is 11.5. The van der Waals surface area contributed by atoms with Gasteiger partial charge in [-0.2, -0.15) is 0 Å². The number of amides is 2. The number of carbonyl (C=O) groups excluding carboxylic acids is 1. The molecular formula is C10H17N5O4S. The molecule has 1 aromatic heterocycles. The SMILES string of the molecule is CC(CS(C)=O)NC(=O)NCCn1cc(C(=O)O)nn1.